The average Bonchev–Trinajstić information content (AvgIpc) is 2.56. The molecule has 0 fully saturated rings. The molecule has 0 radical (unpaired) electrons. The molecule has 0 bridgehead atoms. The molecule has 0 spiro atoms. The molecule has 0 nitrogen and oxygen atoms in total. The van der Waals surface area contributed by atoms with E-state index in [1.165, 1.54) is 36.0 Å². The number of rotatable bonds is 2. The van der Waals surface area contributed by atoms with Gasteiger partial charge in [-0.15, -0.1) is 0 Å². The van der Waals surface area contributed by atoms with Gasteiger partial charge in [-0.25, -0.2) is 0 Å². The Balaban J connectivity index is 1.97. The molecule has 106 valence electrons. The van der Waals surface area contributed by atoms with Crippen molar-refractivity contribution >= 4 is 45.4 Å². The Kier molecular flexibility index (Phi) is 3.46. The van der Waals surface area contributed by atoms with Crippen molar-refractivity contribution in [3.8, 4) is 0 Å². The Morgan fingerprint density at radius 2 is 1.18 bits per heavy atom. The van der Waals surface area contributed by atoms with Crippen LogP contribution in [0.2, 0.25) is 0 Å². The summed E-state index contributed by atoms with van der Waals surface area (Å²) in [7, 11) is 0. The summed E-state index contributed by atoms with van der Waals surface area (Å²) in [6, 6.07) is 28.8. The van der Waals surface area contributed by atoms with Crippen LogP contribution in [0.25, 0.3) is 21.5 Å². The van der Waals surface area contributed by atoms with Crippen LogP contribution < -0.4 is 8.92 Å². The summed E-state index contributed by atoms with van der Waals surface area (Å²) in [6.45, 7) is 2.14. The zero-order valence-electron chi connectivity index (χ0n) is 12.4. The molecule has 4 aromatic rings. The van der Waals surface area contributed by atoms with Gasteiger partial charge in [-0.1, -0.05) is 0 Å². The van der Waals surface area contributed by atoms with E-state index in [9.17, 15) is 0 Å². The van der Waals surface area contributed by atoms with Crippen molar-refractivity contribution in [1.29, 1.82) is 0 Å². The van der Waals surface area contributed by atoms with E-state index in [0.717, 1.165) is 0 Å². The fourth-order valence-corrected chi connectivity index (χ4v) is 5.11. The molecule has 0 saturated carbocycles. The monoisotopic (exact) mass is 348 g/mol. The van der Waals surface area contributed by atoms with Gasteiger partial charge < -0.3 is 0 Å². The van der Waals surface area contributed by atoms with E-state index < -0.39 is 0 Å². The van der Waals surface area contributed by atoms with Gasteiger partial charge in [-0.2, -0.15) is 0 Å². The first kappa shape index (κ1) is 13.6. The molecule has 0 aromatic heterocycles. The zero-order valence-corrected chi connectivity index (χ0v) is 14.1. The van der Waals surface area contributed by atoms with E-state index in [2.05, 4.69) is 85.8 Å². The summed E-state index contributed by atoms with van der Waals surface area (Å²) in [4.78, 5) is 0. The van der Waals surface area contributed by atoms with E-state index in [1.54, 1.807) is 0 Å². The molecule has 0 unspecified atom stereocenters. The van der Waals surface area contributed by atoms with Crippen LogP contribution in [-0.4, -0.2) is 15.0 Å². The molecular weight excluding hydrogens is 331 g/mol. The Hall–Kier alpha value is -2.08. The quantitative estimate of drug-likeness (QED) is 0.380. The Morgan fingerprint density at radius 3 is 1.77 bits per heavy atom. The minimum absolute atomic E-state index is 0.314. The number of aryl methyl sites for hydroxylation is 1. The maximum absolute atomic E-state index is 2.30. The molecule has 0 heterocycles. The van der Waals surface area contributed by atoms with Crippen molar-refractivity contribution in [3.05, 3.63) is 84.4 Å². The molecule has 1 heteroatoms. The van der Waals surface area contributed by atoms with Crippen molar-refractivity contribution in [1.82, 2.24) is 0 Å². The van der Waals surface area contributed by atoms with Gasteiger partial charge in [0.25, 0.3) is 0 Å². The van der Waals surface area contributed by atoms with Crippen LogP contribution in [-0.2, 0) is 0 Å². The van der Waals surface area contributed by atoms with Crippen molar-refractivity contribution in [2.24, 2.45) is 0 Å². The first-order valence-corrected chi connectivity index (χ1v) is 9.17. The van der Waals surface area contributed by atoms with Gasteiger partial charge in [0, 0.05) is 0 Å². The summed E-state index contributed by atoms with van der Waals surface area (Å²) in [5.74, 6) is 0. The van der Waals surface area contributed by atoms with Crippen molar-refractivity contribution in [3.63, 3.8) is 0 Å². The SMILES string of the molecule is Cc1ccc([Se]c2c3ccccc3cc3ccccc23)cc1. The average molecular weight is 347 g/mol. The van der Waals surface area contributed by atoms with Crippen LogP contribution in [0.15, 0.2) is 78.9 Å². The van der Waals surface area contributed by atoms with Crippen LogP contribution in [0.5, 0.6) is 0 Å². The van der Waals surface area contributed by atoms with Gasteiger partial charge >= 0.3 is 137 Å². The van der Waals surface area contributed by atoms with Crippen molar-refractivity contribution in [2.45, 2.75) is 6.92 Å². The third-order valence-electron chi connectivity index (χ3n) is 3.96. The Morgan fingerprint density at radius 1 is 0.636 bits per heavy atom. The third kappa shape index (κ3) is 2.43. The molecule has 4 rings (SSSR count). The fourth-order valence-electron chi connectivity index (χ4n) is 2.81. The molecule has 0 saturated heterocycles. The van der Waals surface area contributed by atoms with E-state index in [1.807, 2.05) is 0 Å². The van der Waals surface area contributed by atoms with Crippen LogP contribution in [0.4, 0.5) is 0 Å². The first-order valence-electron chi connectivity index (χ1n) is 7.46. The molecule has 0 N–H and O–H groups in total. The molecule has 0 aliphatic rings. The van der Waals surface area contributed by atoms with Crippen LogP contribution in [0.1, 0.15) is 5.56 Å². The second-order valence-corrected chi connectivity index (χ2v) is 7.84. The van der Waals surface area contributed by atoms with Gasteiger partial charge in [0.2, 0.25) is 0 Å². The van der Waals surface area contributed by atoms with Crippen LogP contribution in [0.3, 0.4) is 0 Å². The molecule has 4 aromatic carbocycles. The van der Waals surface area contributed by atoms with Crippen LogP contribution >= 0.6 is 0 Å². The van der Waals surface area contributed by atoms with E-state index in [0.29, 0.717) is 15.0 Å². The number of hydrogen-bond acceptors (Lipinski definition) is 0. The van der Waals surface area contributed by atoms with Crippen molar-refractivity contribution in [2.75, 3.05) is 0 Å². The fraction of sp³-hybridized carbons (Fsp3) is 0.0476. The molecule has 0 aliphatic carbocycles. The van der Waals surface area contributed by atoms with Crippen LogP contribution in [0, 0.1) is 6.92 Å². The molecular formula is C21H16Se. The van der Waals surface area contributed by atoms with Gasteiger partial charge in [0.1, 0.15) is 0 Å². The summed E-state index contributed by atoms with van der Waals surface area (Å²) in [5.41, 5.74) is 1.32. The number of fused-ring (bicyclic) bond motifs is 2. The number of hydrogen-bond donors (Lipinski definition) is 0. The predicted octanol–water partition coefficient (Wildman–Crippen LogP) is 3.96. The molecule has 0 aliphatic heterocycles. The van der Waals surface area contributed by atoms with Gasteiger partial charge in [0.15, 0.2) is 0 Å². The second-order valence-electron chi connectivity index (χ2n) is 5.56. The standard InChI is InChI=1S/C21H16Se/c1-15-10-12-18(13-11-15)22-21-19-8-4-2-6-16(19)14-17-7-3-5-9-20(17)21/h2-14H,1H3. The summed E-state index contributed by atoms with van der Waals surface area (Å²) in [5, 5.41) is 5.46. The van der Waals surface area contributed by atoms with Gasteiger partial charge in [-0.3, -0.25) is 0 Å². The van der Waals surface area contributed by atoms with E-state index in [4.69, 9.17) is 0 Å². The second kappa shape index (κ2) is 5.61. The minimum atomic E-state index is 0.314. The predicted molar refractivity (Wildman–Crippen MR) is 97.7 cm³/mol. The molecule has 0 atom stereocenters. The number of benzene rings is 4. The third-order valence-corrected chi connectivity index (χ3v) is 6.38. The van der Waals surface area contributed by atoms with Gasteiger partial charge in [0.05, 0.1) is 0 Å². The van der Waals surface area contributed by atoms with E-state index in [-0.39, 0.29) is 0 Å². The summed E-state index contributed by atoms with van der Waals surface area (Å²) < 4.78 is 2.92. The summed E-state index contributed by atoms with van der Waals surface area (Å²) in [6.07, 6.45) is 0. The Bertz CT molecular complexity index is 898. The van der Waals surface area contributed by atoms with Gasteiger partial charge in [-0.05, 0) is 0 Å². The molecule has 0 amide bonds. The Labute approximate surface area is 136 Å². The van der Waals surface area contributed by atoms with E-state index >= 15 is 0 Å². The maximum atomic E-state index is 2.30. The normalized spacial score (nSPS) is 11.1. The first-order chi connectivity index (χ1) is 10.8. The summed E-state index contributed by atoms with van der Waals surface area (Å²) >= 11 is 0.314. The zero-order chi connectivity index (χ0) is 14.9. The van der Waals surface area contributed by atoms with Crippen molar-refractivity contribution < 1.29 is 0 Å². The molecule has 22 heavy (non-hydrogen) atoms. The topological polar surface area (TPSA) is 0 Å².